The first-order valence-electron chi connectivity index (χ1n) is 15.4. The first-order valence-corrected chi connectivity index (χ1v) is 16.9. The van der Waals surface area contributed by atoms with E-state index >= 15 is 0 Å². The average Bonchev–Trinajstić information content (AvgIpc) is 2.89. The Balaban J connectivity index is 3.90. The molecule has 2 unspecified atom stereocenters. The van der Waals surface area contributed by atoms with E-state index < -0.39 is 19.9 Å². The molecule has 0 fully saturated rings. The molecule has 0 aliphatic rings. The minimum absolute atomic E-state index is 0.0955. The summed E-state index contributed by atoms with van der Waals surface area (Å²) in [6, 6.07) is 0. The van der Waals surface area contributed by atoms with Gasteiger partial charge in [-0.2, -0.15) is 0 Å². The molecular weight excluding hydrogens is 507 g/mol. The van der Waals surface area contributed by atoms with E-state index in [2.05, 4.69) is 6.92 Å². The van der Waals surface area contributed by atoms with Crippen LogP contribution in [0.1, 0.15) is 142 Å². The first-order chi connectivity index (χ1) is 18.4. The van der Waals surface area contributed by atoms with E-state index in [-0.39, 0.29) is 26.2 Å². The van der Waals surface area contributed by atoms with Crippen molar-refractivity contribution in [3.05, 3.63) is 0 Å². The molecule has 38 heavy (non-hydrogen) atoms. The third-order valence-corrected chi connectivity index (χ3v) is 7.42. The molecule has 228 valence electrons. The molecule has 0 aromatic heterocycles. The Hall–Kier alpha value is -0.500. The molecule has 0 heterocycles. The summed E-state index contributed by atoms with van der Waals surface area (Å²) >= 11 is 0. The summed E-state index contributed by atoms with van der Waals surface area (Å²) < 4.78 is 33.2. The number of hydrogen-bond acceptors (Lipinski definition) is 7. The van der Waals surface area contributed by atoms with E-state index in [1.165, 1.54) is 77.0 Å². The summed E-state index contributed by atoms with van der Waals surface area (Å²) in [6.07, 6.45) is 21.7. The molecule has 0 aromatic carbocycles. The van der Waals surface area contributed by atoms with E-state index in [0.717, 1.165) is 32.1 Å². The summed E-state index contributed by atoms with van der Waals surface area (Å²) in [7, 11) is -4.34. The third kappa shape index (κ3) is 28.5. The van der Waals surface area contributed by atoms with Gasteiger partial charge in [-0.25, -0.2) is 0 Å². The number of aliphatic carboxylic acids is 1. The summed E-state index contributed by atoms with van der Waals surface area (Å²) in [4.78, 5) is 22.4. The van der Waals surface area contributed by atoms with Gasteiger partial charge >= 0.3 is 5.97 Å². The Morgan fingerprint density at radius 2 is 1.16 bits per heavy atom. The number of ether oxygens (including phenoxy) is 2. The Labute approximate surface area is 233 Å². The summed E-state index contributed by atoms with van der Waals surface area (Å²) in [5.41, 5.74) is 0. The van der Waals surface area contributed by atoms with Gasteiger partial charge in [0.05, 0.1) is 19.8 Å². The highest BCUT2D eigenvalue weighted by atomic mass is 31.2. The van der Waals surface area contributed by atoms with Crippen LogP contribution in [0.2, 0.25) is 0 Å². The lowest BCUT2D eigenvalue weighted by atomic mass is 10.0. The van der Waals surface area contributed by atoms with Crippen molar-refractivity contribution in [3.8, 4) is 0 Å². The summed E-state index contributed by atoms with van der Waals surface area (Å²) in [6.45, 7) is 5.38. The van der Waals surface area contributed by atoms with Gasteiger partial charge in [0.2, 0.25) is 0 Å². The molecule has 2 atom stereocenters. The normalized spacial score (nSPS) is 14.0. The average molecular weight is 566 g/mol. The minimum Gasteiger partial charge on any atom is -0.756 e. The van der Waals surface area contributed by atoms with Gasteiger partial charge in [0.15, 0.2) is 0 Å². The van der Waals surface area contributed by atoms with Crippen molar-refractivity contribution >= 4 is 13.8 Å². The maximum Gasteiger partial charge on any atom is 0.303 e. The number of carboxylic acid groups (broad SMARTS) is 1. The van der Waals surface area contributed by atoms with Gasteiger partial charge in [-0.15, -0.1) is 0 Å². The van der Waals surface area contributed by atoms with Crippen molar-refractivity contribution in [2.75, 3.05) is 33.0 Å². The minimum atomic E-state index is -4.34. The highest BCUT2D eigenvalue weighted by Crippen LogP contribution is 2.38. The van der Waals surface area contributed by atoms with Crippen LogP contribution in [0.4, 0.5) is 0 Å². The van der Waals surface area contributed by atoms with Crippen molar-refractivity contribution in [1.29, 1.82) is 0 Å². The van der Waals surface area contributed by atoms with Gasteiger partial charge in [-0.3, -0.25) is 9.36 Å². The molecular formula is C29H58O8P-. The lowest BCUT2D eigenvalue weighted by molar-refractivity contribution is -0.228. The largest absolute Gasteiger partial charge is 0.756 e. The highest BCUT2D eigenvalue weighted by molar-refractivity contribution is 7.45. The number of unbranched alkanes of at least 4 members (excludes halogenated alkanes) is 16. The van der Waals surface area contributed by atoms with Crippen molar-refractivity contribution in [3.63, 3.8) is 0 Å². The van der Waals surface area contributed by atoms with Crippen LogP contribution in [-0.2, 0) is 27.9 Å². The molecule has 0 radical (unpaired) electrons. The van der Waals surface area contributed by atoms with Crippen molar-refractivity contribution in [2.45, 2.75) is 148 Å². The van der Waals surface area contributed by atoms with Crippen LogP contribution in [0.5, 0.6) is 0 Å². The monoisotopic (exact) mass is 565 g/mol. The number of rotatable bonds is 31. The fourth-order valence-electron chi connectivity index (χ4n) is 4.15. The number of phosphoric ester groups is 1. The van der Waals surface area contributed by atoms with Gasteiger partial charge in [-0.1, -0.05) is 110 Å². The van der Waals surface area contributed by atoms with E-state index in [9.17, 15) is 14.3 Å². The van der Waals surface area contributed by atoms with Gasteiger partial charge < -0.3 is 28.5 Å². The molecule has 0 aliphatic carbocycles. The second-order valence-corrected chi connectivity index (χ2v) is 11.7. The number of phosphoric acid groups is 1. The van der Waals surface area contributed by atoms with Crippen LogP contribution in [0.3, 0.4) is 0 Å². The van der Waals surface area contributed by atoms with Gasteiger partial charge in [0, 0.05) is 19.6 Å². The topological polar surface area (TPSA) is 114 Å². The van der Waals surface area contributed by atoms with E-state index in [0.29, 0.717) is 26.1 Å². The third-order valence-electron chi connectivity index (χ3n) is 6.46. The predicted octanol–water partition coefficient (Wildman–Crippen LogP) is 7.82. The standard InChI is InChI=1S/C29H59O8P/c1-3-5-6-7-8-9-10-11-12-13-14-15-17-20-24-34-26-28(27-37-38(32,33)36-23-4-2)35-25-21-18-16-19-22-29(30)31/h28H,3-27H2,1-2H3,(H,30,31)(H,32,33)/p-1. The molecule has 0 bridgehead atoms. The molecule has 0 saturated heterocycles. The number of hydrogen-bond donors (Lipinski definition) is 1. The smallest absolute Gasteiger partial charge is 0.303 e. The highest BCUT2D eigenvalue weighted by Gasteiger charge is 2.16. The Kier molecular flexibility index (Phi) is 27.7. The molecule has 0 rings (SSSR count). The van der Waals surface area contributed by atoms with Crippen LogP contribution in [-0.4, -0.2) is 50.2 Å². The molecule has 9 heteroatoms. The van der Waals surface area contributed by atoms with Crippen LogP contribution in [0.15, 0.2) is 0 Å². The summed E-state index contributed by atoms with van der Waals surface area (Å²) in [5, 5.41) is 8.69. The molecule has 0 spiro atoms. The second kappa shape index (κ2) is 28.0. The van der Waals surface area contributed by atoms with Crippen molar-refractivity contribution in [1.82, 2.24) is 0 Å². The first kappa shape index (κ1) is 37.5. The molecule has 0 aliphatic heterocycles. The molecule has 0 aromatic rings. The van der Waals surface area contributed by atoms with Gasteiger partial charge in [-0.05, 0) is 25.7 Å². The predicted molar refractivity (Wildman–Crippen MR) is 151 cm³/mol. The van der Waals surface area contributed by atoms with E-state index in [1.54, 1.807) is 0 Å². The van der Waals surface area contributed by atoms with E-state index in [4.69, 9.17) is 23.6 Å². The zero-order valence-electron chi connectivity index (χ0n) is 24.5. The molecule has 0 saturated carbocycles. The lowest BCUT2D eigenvalue weighted by Crippen LogP contribution is -2.27. The lowest BCUT2D eigenvalue weighted by Gasteiger charge is -2.25. The Bertz CT molecular complexity index is 561. The zero-order chi connectivity index (χ0) is 28.2. The molecule has 8 nitrogen and oxygen atoms in total. The van der Waals surface area contributed by atoms with Crippen LogP contribution in [0.25, 0.3) is 0 Å². The maximum absolute atomic E-state index is 11.9. The molecule has 1 N–H and O–H groups in total. The maximum atomic E-state index is 11.9. The van der Waals surface area contributed by atoms with Crippen LogP contribution < -0.4 is 4.89 Å². The Morgan fingerprint density at radius 3 is 1.68 bits per heavy atom. The quantitative estimate of drug-likeness (QED) is 0.0668. The zero-order valence-corrected chi connectivity index (χ0v) is 25.4. The van der Waals surface area contributed by atoms with Crippen LogP contribution >= 0.6 is 7.82 Å². The van der Waals surface area contributed by atoms with E-state index in [1.807, 2.05) is 6.92 Å². The van der Waals surface area contributed by atoms with Gasteiger partial charge in [0.1, 0.15) is 6.10 Å². The van der Waals surface area contributed by atoms with Crippen molar-refractivity contribution in [2.24, 2.45) is 0 Å². The summed E-state index contributed by atoms with van der Waals surface area (Å²) in [5.74, 6) is -0.776. The SMILES string of the molecule is CCCCCCCCCCCCCCCCOCC(COP(=O)([O-])OCCC)OCCCCCCC(=O)O. The Morgan fingerprint density at radius 1 is 0.658 bits per heavy atom. The number of carbonyl (C=O) groups is 1. The fraction of sp³-hybridized carbons (Fsp3) is 0.966. The van der Waals surface area contributed by atoms with Crippen LogP contribution in [0, 0.1) is 0 Å². The number of carboxylic acids is 1. The second-order valence-electron chi connectivity index (χ2n) is 10.3. The fourth-order valence-corrected chi connectivity index (χ4v) is 4.98. The van der Waals surface area contributed by atoms with Crippen molar-refractivity contribution < 1.29 is 37.9 Å². The van der Waals surface area contributed by atoms with Gasteiger partial charge in [0.25, 0.3) is 7.82 Å². The molecule has 0 amide bonds.